The number of ether oxygens (including phenoxy) is 2. The van der Waals surface area contributed by atoms with Crippen molar-refractivity contribution in [3.05, 3.63) is 78.3 Å². The van der Waals surface area contributed by atoms with Crippen molar-refractivity contribution in [3.63, 3.8) is 0 Å². The average molecular weight is 595 g/mol. The van der Waals surface area contributed by atoms with Crippen molar-refractivity contribution in [1.29, 1.82) is 0 Å². The summed E-state index contributed by atoms with van der Waals surface area (Å²) >= 11 is 0. The van der Waals surface area contributed by atoms with Crippen molar-refractivity contribution in [3.8, 4) is 11.5 Å². The molecular formula is C31H34N2O6S2. The monoisotopic (exact) mass is 594 g/mol. The zero-order chi connectivity index (χ0) is 29.5. The summed E-state index contributed by atoms with van der Waals surface area (Å²) in [6, 6.07) is 18.9. The molecule has 4 aromatic rings. The first-order valence-electron chi connectivity index (χ1n) is 13.8. The van der Waals surface area contributed by atoms with Crippen LogP contribution in [0.1, 0.15) is 52.4 Å². The molecule has 4 rings (SSSR count). The highest BCUT2D eigenvalue weighted by atomic mass is 32.3. The molecular weight excluding hydrogens is 560 g/mol. The second kappa shape index (κ2) is 13.3. The molecule has 0 unspecified atom stereocenters. The van der Waals surface area contributed by atoms with Crippen LogP contribution in [0.15, 0.2) is 82.6 Å². The molecule has 0 bridgehead atoms. The maximum absolute atomic E-state index is 13.9. The first-order valence-corrected chi connectivity index (χ1v) is 16.7. The lowest BCUT2D eigenvalue weighted by atomic mass is 10.1. The van der Waals surface area contributed by atoms with Gasteiger partial charge in [-0.1, -0.05) is 88.1 Å². The van der Waals surface area contributed by atoms with E-state index in [-0.39, 0.29) is 20.6 Å². The Kier molecular flexibility index (Phi) is 9.81. The Morgan fingerprint density at radius 3 is 1.37 bits per heavy atom. The van der Waals surface area contributed by atoms with Crippen LogP contribution in [0.4, 0.5) is 0 Å². The normalized spacial score (nSPS) is 11.9. The molecule has 0 fully saturated rings. The van der Waals surface area contributed by atoms with Gasteiger partial charge in [0.05, 0.1) is 23.0 Å². The van der Waals surface area contributed by atoms with E-state index in [4.69, 9.17) is 9.47 Å². The standard InChI is InChI=1S/C31H34N2O6S2/c1-3-5-11-21-38-27-17-19-29(25-15-9-7-13-23(25)27)40(34,35)31(33-32)41(36,37)30-20-18-28(39-22-12-6-4-2)24-14-8-10-16-26(24)30/h7-10,13-20H,3-6,11-12,21-22H2,1-2H3. The summed E-state index contributed by atoms with van der Waals surface area (Å²) in [5, 5.41) is 1.54. The number of sulfone groups is 2. The fourth-order valence-corrected chi connectivity index (χ4v) is 8.43. The zero-order valence-corrected chi connectivity index (χ0v) is 24.9. The predicted molar refractivity (Wildman–Crippen MR) is 161 cm³/mol. The Balaban J connectivity index is 1.77. The van der Waals surface area contributed by atoms with Crippen LogP contribution < -0.4 is 9.47 Å². The SMILES string of the molecule is CCCCCOc1ccc(S(=O)(=O)C(=[N+]=[N-])S(=O)(=O)c2ccc(OCCCCC)c3ccccc23)c2ccccc12. The lowest BCUT2D eigenvalue weighted by Gasteiger charge is -2.13. The van der Waals surface area contributed by atoms with Crippen LogP contribution in [0, 0.1) is 0 Å². The first-order chi connectivity index (χ1) is 19.8. The summed E-state index contributed by atoms with van der Waals surface area (Å²) in [7, 11) is -9.61. The van der Waals surface area contributed by atoms with E-state index in [1.54, 1.807) is 48.5 Å². The van der Waals surface area contributed by atoms with Gasteiger partial charge in [0.15, 0.2) is 0 Å². The fourth-order valence-electron chi connectivity index (χ4n) is 4.72. The maximum Gasteiger partial charge on any atom is 0.504 e. The Morgan fingerprint density at radius 2 is 1.00 bits per heavy atom. The fraction of sp³-hybridized carbons (Fsp3) is 0.323. The van der Waals surface area contributed by atoms with Crippen molar-refractivity contribution in [2.24, 2.45) is 0 Å². The number of rotatable bonds is 12. The molecule has 41 heavy (non-hydrogen) atoms. The lowest BCUT2D eigenvalue weighted by Crippen LogP contribution is -2.26. The molecule has 0 amide bonds. The highest BCUT2D eigenvalue weighted by molar-refractivity contribution is 8.31. The van der Waals surface area contributed by atoms with E-state index in [1.807, 2.05) is 0 Å². The van der Waals surface area contributed by atoms with Crippen LogP contribution >= 0.6 is 0 Å². The molecule has 0 aliphatic rings. The second-order valence-electron chi connectivity index (χ2n) is 9.70. The summed E-state index contributed by atoms with van der Waals surface area (Å²) in [6.07, 6.45) is 5.76. The highest BCUT2D eigenvalue weighted by Crippen LogP contribution is 2.36. The number of unbranched alkanes of at least 4 members (excludes halogenated alkanes) is 4. The molecule has 216 valence electrons. The molecule has 0 saturated heterocycles. The Hall–Kier alpha value is -3.72. The maximum atomic E-state index is 13.9. The van der Waals surface area contributed by atoms with Gasteiger partial charge in [0, 0.05) is 21.5 Å². The lowest BCUT2D eigenvalue weighted by molar-refractivity contribution is 0.00381. The van der Waals surface area contributed by atoms with Gasteiger partial charge in [-0.2, -0.15) is 0 Å². The van der Waals surface area contributed by atoms with Crippen LogP contribution in [0.3, 0.4) is 0 Å². The largest absolute Gasteiger partial charge is 0.504 e. The van der Waals surface area contributed by atoms with Crippen molar-refractivity contribution >= 4 is 45.6 Å². The summed E-state index contributed by atoms with van der Waals surface area (Å²) in [4.78, 5) is 2.26. The second-order valence-corrected chi connectivity index (χ2v) is 13.6. The third-order valence-corrected chi connectivity index (χ3v) is 11.1. The molecule has 0 aliphatic heterocycles. The molecule has 0 heterocycles. The van der Waals surface area contributed by atoms with E-state index in [2.05, 4.69) is 18.6 Å². The molecule has 0 atom stereocenters. The predicted octanol–water partition coefficient (Wildman–Crippen LogP) is 6.96. The van der Waals surface area contributed by atoms with Gasteiger partial charge in [-0.3, -0.25) is 0 Å². The van der Waals surface area contributed by atoms with Crippen molar-refractivity contribution in [2.75, 3.05) is 13.2 Å². The topological polar surface area (TPSA) is 123 Å². The Labute approximate surface area is 241 Å². The number of nitrogens with zero attached hydrogens (tertiary/aromatic N) is 2. The Bertz CT molecular complexity index is 1680. The average Bonchev–Trinajstić information content (AvgIpc) is 2.97. The summed E-state index contributed by atoms with van der Waals surface area (Å²) in [5.41, 5.74) is 9.89. The molecule has 0 aliphatic carbocycles. The van der Waals surface area contributed by atoms with Gasteiger partial charge in [-0.25, -0.2) is 16.8 Å². The van der Waals surface area contributed by atoms with Crippen LogP contribution in [0.5, 0.6) is 11.5 Å². The first kappa shape index (κ1) is 30.2. The van der Waals surface area contributed by atoms with Gasteiger partial charge in [-0.15, -0.1) is 4.79 Å². The highest BCUT2D eigenvalue weighted by Gasteiger charge is 2.45. The number of hydrogen-bond acceptors (Lipinski definition) is 6. The number of benzene rings is 4. The van der Waals surface area contributed by atoms with Gasteiger partial charge in [0.2, 0.25) is 0 Å². The van der Waals surface area contributed by atoms with Gasteiger partial charge in [-0.05, 0) is 37.1 Å². The molecule has 8 nitrogen and oxygen atoms in total. The quantitative estimate of drug-likeness (QED) is 0.0574. The van der Waals surface area contributed by atoms with Gasteiger partial charge in [0.25, 0.3) is 19.7 Å². The number of fused-ring (bicyclic) bond motifs is 2. The van der Waals surface area contributed by atoms with Gasteiger partial charge in [0.1, 0.15) is 11.5 Å². The minimum absolute atomic E-state index is 0.262. The van der Waals surface area contributed by atoms with Crippen LogP contribution in [0.2, 0.25) is 0 Å². The summed E-state index contributed by atoms with van der Waals surface area (Å²) < 4.78 is 66.0. The molecule has 0 spiro atoms. The van der Waals surface area contributed by atoms with Crippen LogP contribution in [-0.2, 0) is 19.7 Å². The number of hydrogen-bond donors (Lipinski definition) is 0. The molecule has 0 radical (unpaired) electrons. The van der Waals surface area contributed by atoms with E-state index in [0.29, 0.717) is 35.5 Å². The van der Waals surface area contributed by atoms with Gasteiger partial charge < -0.3 is 15.0 Å². The third-order valence-electron chi connectivity index (χ3n) is 6.82. The molecule has 10 heteroatoms. The third kappa shape index (κ3) is 6.30. The minimum Gasteiger partial charge on any atom is -0.493 e. The van der Waals surface area contributed by atoms with Crippen LogP contribution in [-0.4, -0.2) is 39.2 Å². The molecule has 0 N–H and O–H groups in total. The smallest absolute Gasteiger partial charge is 0.493 e. The van der Waals surface area contributed by atoms with E-state index < -0.39 is 24.1 Å². The summed E-state index contributed by atoms with van der Waals surface area (Å²) in [5.74, 6) is 0.975. The van der Waals surface area contributed by atoms with Crippen molar-refractivity contribution < 1.29 is 31.1 Å². The van der Waals surface area contributed by atoms with E-state index in [0.717, 1.165) is 38.5 Å². The Morgan fingerprint density at radius 1 is 0.610 bits per heavy atom. The molecule has 4 aromatic carbocycles. The van der Waals surface area contributed by atoms with E-state index >= 15 is 0 Å². The minimum atomic E-state index is -4.80. The van der Waals surface area contributed by atoms with E-state index in [9.17, 15) is 22.4 Å². The van der Waals surface area contributed by atoms with Crippen molar-refractivity contribution in [1.82, 2.24) is 0 Å². The zero-order valence-electron chi connectivity index (χ0n) is 23.2. The molecule has 0 saturated carbocycles. The van der Waals surface area contributed by atoms with Gasteiger partial charge >= 0.3 is 4.38 Å². The van der Waals surface area contributed by atoms with E-state index in [1.165, 1.54) is 24.3 Å². The van der Waals surface area contributed by atoms with Crippen LogP contribution in [0.25, 0.3) is 27.1 Å². The molecule has 0 aromatic heterocycles. The van der Waals surface area contributed by atoms with Crippen molar-refractivity contribution in [2.45, 2.75) is 62.2 Å². The summed E-state index contributed by atoms with van der Waals surface area (Å²) in [6.45, 7) is 5.10.